The van der Waals surface area contributed by atoms with Crippen LogP contribution in [-0.4, -0.2) is 28.2 Å². The summed E-state index contributed by atoms with van der Waals surface area (Å²) in [5.41, 5.74) is 1.44. The van der Waals surface area contributed by atoms with E-state index >= 15 is 0 Å². The minimum atomic E-state index is -0.288. The highest BCUT2D eigenvalue weighted by molar-refractivity contribution is 6.15. The number of carbonyl (C=O) groups is 1. The zero-order valence-corrected chi connectivity index (χ0v) is 15.0. The molecule has 0 atom stereocenters. The smallest absolute Gasteiger partial charge is 0.260 e. The van der Waals surface area contributed by atoms with Crippen molar-refractivity contribution in [1.82, 2.24) is 9.97 Å². The summed E-state index contributed by atoms with van der Waals surface area (Å²) in [5, 5.41) is 6.91. The molecule has 1 aromatic carbocycles. The number of hydrogen-bond acceptors (Lipinski definition) is 7. The van der Waals surface area contributed by atoms with E-state index in [4.69, 9.17) is 13.9 Å². The highest BCUT2D eigenvalue weighted by Gasteiger charge is 2.38. The molecule has 1 fully saturated rings. The largest absolute Gasteiger partial charge is 0.454 e. The maximum Gasteiger partial charge on any atom is 0.260 e. The van der Waals surface area contributed by atoms with Crippen molar-refractivity contribution < 1.29 is 20.1 Å². The molecule has 2 aliphatic rings. The average Bonchev–Trinajstić information content (AvgIpc) is 3.05. The van der Waals surface area contributed by atoms with Crippen molar-refractivity contribution in [2.75, 3.05) is 17.4 Å². The van der Waals surface area contributed by atoms with Crippen molar-refractivity contribution >= 4 is 28.5 Å². The van der Waals surface area contributed by atoms with Gasteiger partial charge in [-0.2, -0.15) is 0 Å². The lowest BCUT2D eigenvalue weighted by Gasteiger charge is -2.13. The fourth-order valence-corrected chi connectivity index (χ4v) is 3.18. The SMILES string of the molecule is Cc1oc2ncnc(NC3(C)CC3)c2c1C(=O)Nc1ccc2c(c1)OCO2.[HH]. The molecule has 27 heavy (non-hydrogen) atoms. The van der Waals surface area contributed by atoms with Gasteiger partial charge in [-0.15, -0.1) is 0 Å². The number of amides is 1. The molecule has 1 amide bonds. The minimum Gasteiger partial charge on any atom is -0.454 e. The highest BCUT2D eigenvalue weighted by Crippen LogP contribution is 2.40. The molecular weight excluding hydrogens is 348 g/mol. The topological polar surface area (TPSA) is 98.5 Å². The van der Waals surface area contributed by atoms with E-state index < -0.39 is 0 Å². The quantitative estimate of drug-likeness (QED) is 0.724. The number of benzene rings is 1. The van der Waals surface area contributed by atoms with Gasteiger partial charge in [0.05, 0.1) is 10.9 Å². The van der Waals surface area contributed by atoms with Crippen molar-refractivity contribution in [2.24, 2.45) is 0 Å². The monoisotopic (exact) mass is 368 g/mol. The molecule has 0 unspecified atom stereocenters. The van der Waals surface area contributed by atoms with Gasteiger partial charge in [0.25, 0.3) is 5.91 Å². The Morgan fingerprint density at radius 3 is 2.85 bits per heavy atom. The normalized spacial score (nSPS) is 16.4. The van der Waals surface area contributed by atoms with Gasteiger partial charge >= 0.3 is 0 Å². The van der Waals surface area contributed by atoms with Crippen molar-refractivity contribution in [3.05, 3.63) is 35.9 Å². The van der Waals surface area contributed by atoms with Gasteiger partial charge < -0.3 is 24.5 Å². The number of anilines is 2. The van der Waals surface area contributed by atoms with E-state index in [1.807, 2.05) is 0 Å². The standard InChI is InChI=1S/C19H18N4O4.H2/c1-10-14(17(24)22-11-3-4-12-13(7-11)26-9-25-12)15-16(23-19(2)5-6-19)20-8-21-18(15)27-10;/h3-4,7-8H,5-6,9H2,1-2H3,(H,22,24)(H,20,21,23);1H. The van der Waals surface area contributed by atoms with Crippen molar-refractivity contribution in [3.63, 3.8) is 0 Å². The number of aromatic nitrogens is 2. The van der Waals surface area contributed by atoms with Crippen LogP contribution in [0.2, 0.25) is 0 Å². The number of nitrogens with one attached hydrogen (secondary N) is 2. The maximum absolute atomic E-state index is 13.0. The number of rotatable bonds is 4. The number of furan rings is 1. The molecule has 1 aliphatic carbocycles. The summed E-state index contributed by atoms with van der Waals surface area (Å²) >= 11 is 0. The molecule has 3 heterocycles. The molecule has 1 saturated carbocycles. The molecule has 2 N–H and O–H groups in total. The third-order valence-electron chi connectivity index (χ3n) is 4.94. The third-order valence-corrected chi connectivity index (χ3v) is 4.94. The number of nitrogens with zero attached hydrogens (tertiary/aromatic N) is 2. The van der Waals surface area contributed by atoms with E-state index in [9.17, 15) is 4.79 Å². The zero-order chi connectivity index (χ0) is 18.6. The Hall–Kier alpha value is -3.29. The Kier molecular flexibility index (Phi) is 3.30. The molecule has 140 valence electrons. The van der Waals surface area contributed by atoms with E-state index in [1.54, 1.807) is 25.1 Å². The molecule has 0 radical (unpaired) electrons. The van der Waals surface area contributed by atoms with Gasteiger partial charge in [-0.1, -0.05) is 0 Å². The third kappa shape index (κ3) is 2.73. The van der Waals surface area contributed by atoms with Crippen molar-refractivity contribution in [2.45, 2.75) is 32.2 Å². The fraction of sp³-hybridized carbons (Fsp3) is 0.316. The molecule has 8 nitrogen and oxygen atoms in total. The molecular formula is C19H20N4O4. The molecule has 2 aromatic heterocycles. The molecule has 3 aromatic rings. The van der Waals surface area contributed by atoms with E-state index in [2.05, 4.69) is 27.5 Å². The molecule has 1 aliphatic heterocycles. The first-order valence-electron chi connectivity index (χ1n) is 8.76. The molecule has 0 bridgehead atoms. The first-order valence-corrected chi connectivity index (χ1v) is 8.76. The van der Waals surface area contributed by atoms with Crippen LogP contribution in [0.4, 0.5) is 11.5 Å². The fourth-order valence-electron chi connectivity index (χ4n) is 3.18. The predicted octanol–water partition coefficient (Wildman–Crippen LogP) is 3.72. The van der Waals surface area contributed by atoms with Crippen LogP contribution >= 0.6 is 0 Å². The number of carbonyl (C=O) groups excluding carboxylic acids is 1. The average molecular weight is 368 g/mol. The lowest BCUT2D eigenvalue weighted by atomic mass is 10.1. The number of aryl methyl sites for hydroxylation is 1. The number of ether oxygens (including phenoxy) is 2. The van der Waals surface area contributed by atoms with E-state index in [0.29, 0.717) is 45.4 Å². The van der Waals surface area contributed by atoms with E-state index in [-0.39, 0.29) is 19.7 Å². The minimum absolute atomic E-state index is 0. The van der Waals surface area contributed by atoms with Crippen LogP contribution in [0.5, 0.6) is 11.5 Å². The Bertz CT molecular complexity index is 1080. The summed E-state index contributed by atoms with van der Waals surface area (Å²) in [6.07, 6.45) is 3.57. The first-order chi connectivity index (χ1) is 13.0. The van der Waals surface area contributed by atoms with E-state index in [1.165, 1.54) is 6.33 Å². The molecule has 8 heteroatoms. The van der Waals surface area contributed by atoms with Crippen LogP contribution in [-0.2, 0) is 0 Å². The van der Waals surface area contributed by atoms with Crippen LogP contribution in [0.15, 0.2) is 28.9 Å². The summed E-state index contributed by atoms with van der Waals surface area (Å²) in [6, 6.07) is 5.27. The maximum atomic E-state index is 13.0. The Labute approximate surface area is 156 Å². The highest BCUT2D eigenvalue weighted by atomic mass is 16.7. The van der Waals surface area contributed by atoms with Gasteiger partial charge in [0, 0.05) is 18.7 Å². The summed E-state index contributed by atoms with van der Waals surface area (Å²) < 4.78 is 16.4. The molecule has 0 spiro atoms. The van der Waals surface area contributed by atoms with Gasteiger partial charge in [0.15, 0.2) is 11.5 Å². The second kappa shape index (κ2) is 5.60. The number of hydrogen-bond donors (Lipinski definition) is 2. The van der Waals surface area contributed by atoms with Crippen LogP contribution in [0, 0.1) is 6.92 Å². The lowest BCUT2D eigenvalue weighted by molar-refractivity contribution is 0.102. The van der Waals surface area contributed by atoms with Gasteiger partial charge in [-0.3, -0.25) is 4.79 Å². The van der Waals surface area contributed by atoms with Crippen LogP contribution in [0.1, 0.15) is 37.3 Å². The van der Waals surface area contributed by atoms with Crippen LogP contribution < -0.4 is 20.1 Å². The summed E-state index contributed by atoms with van der Waals surface area (Å²) in [6.45, 7) is 4.06. The Balaban J connectivity index is 0.00000192. The van der Waals surface area contributed by atoms with Gasteiger partial charge in [0.2, 0.25) is 12.5 Å². The van der Waals surface area contributed by atoms with Crippen LogP contribution in [0.3, 0.4) is 0 Å². The molecule has 5 rings (SSSR count). The zero-order valence-electron chi connectivity index (χ0n) is 15.0. The van der Waals surface area contributed by atoms with Gasteiger partial charge in [0.1, 0.15) is 17.9 Å². The van der Waals surface area contributed by atoms with Crippen molar-refractivity contribution in [3.8, 4) is 11.5 Å². The molecule has 0 saturated heterocycles. The Morgan fingerprint density at radius 1 is 1.22 bits per heavy atom. The number of fused-ring (bicyclic) bond motifs is 2. The second-order valence-electron chi connectivity index (χ2n) is 7.14. The van der Waals surface area contributed by atoms with Gasteiger partial charge in [-0.25, -0.2) is 9.97 Å². The van der Waals surface area contributed by atoms with Gasteiger partial charge in [-0.05, 0) is 38.8 Å². The first kappa shape index (κ1) is 15.9. The van der Waals surface area contributed by atoms with E-state index in [0.717, 1.165) is 12.8 Å². The Morgan fingerprint density at radius 2 is 2.04 bits per heavy atom. The summed E-state index contributed by atoms with van der Waals surface area (Å²) in [7, 11) is 0. The summed E-state index contributed by atoms with van der Waals surface area (Å²) in [4.78, 5) is 21.5. The van der Waals surface area contributed by atoms with Crippen molar-refractivity contribution in [1.29, 1.82) is 0 Å². The lowest BCUT2D eigenvalue weighted by Crippen LogP contribution is -2.18. The second-order valence-corrected chi connectivity index (χ2v) is 7.14. The van der Waals surface area contributed by atoms with Crippen LogP contribution in [0.25, 0.3) is 11.1 Å². The summed E-state index contributed by atoms with van der Waals surface area (Å²) in [5.74, 6) is 2.09. The predicted molar refractivity (Wildman–Crippen MR) is 100 cm³/mol.